The maximum atomic E-state index is 12.3. The number of carbonyl (C=O) groups excluding carboxylic acids is 1. The maximum absolute atomic E-state index is 12.3. The SMILES string of the molecule is COc1ccccc1C(=O)c1cnc(Cl)nc1Cl.COc1ccccc1C(O)c1cnc(Cl)nc1Cl. The standard InChI is InChI=1S/C12H10Cl2N2O2.C12H8Cl2N2O2/c2*1-18-9-5-3-2-4-7(9)10(17)8-6-15-12(14)16-11(8)13/h2-6,10,17H,1H3;2-6H,1H3. The van der Waals surface area contributed by atoms with Gasteiger partial charge in [0.1, 0.15) is 27.9 Å². The van der Waals surface area contributed by atoms with Crippen LogP contribution >= 0.6 is 46.4 Å². The Morgan fingerprint density at radius 1 is 0.750 bits per heavy atom. The molecule has 8 nitrogen and oxygen atoms in total. The molecule has 0 radical (unpaired) electrons. The number of benzene rings is 2. The minimum absolute atomic E-state index is 0.00317. The van der Waals surface area contributed by atoms with Gasteiger partial charge in [-0.05, 0) is 41.4 Å². The van der Waals surface area contributed by atoms with Gasteiger partial charge in [-0.3, -0.25) is 4.79 Å². The van der Waals surface area contributed by atoms with Crippen LogP contribution in [0.3, 0.4) is 0 Å². The Bertz CT molecular complexity index is 1370. The Hall–Kier alpha value is -3.01. The number of nitrogens with zero attached hydrogens (tertiary/aromatic N) is 4. The van der Waals surface area contributed by atoms with E-state index in [1.807, 2.05) is 6.07 Å². The number of methoxy groups -OCH3 is 2. The lowest BCUT2D eigenvalue weighted by molar-refractivity contribution is 0.103. The molecular formula is C24H18Cl4N4O4. The minimum Gasteiger partial charge on any atom is -0.496 e. The fourth-order valence-corrected chi connectivity index (χ4v) is 3.86. The molecule has 0 aliphatic carbocycles. The molecule has 0 saturated heterocycles. The quantitative estimate of drug-likeness (QED) is 0.174. The smallest absolute Gasteiger partial charge is 0.223 e. The zero-order valence-electron chi connectivity index (χ0n) is 18.8. The van der Waals surface area contributed by atoms with E-state index in [0.29, 0.717) is 28.2 Å². The van der Waals surface area contributed by atoms with E-state index >= 15 is 0 Å². The summed E-state index contributed by atoms with van der Waals surface area (Å²) in [5.74, 6) is 0.721. The first-order chi connectivity index (χ1) is 17.3. The zero-order valence-corrected chi connectivity index (χ0v) is 21.8. The van der Waals surface area contributed by atoms with Gasteiger partial charge >= 0.3 is 0 Å². The van der Waals surface area contributed by atoms with Crippen molar-refractivity contribution in [2.75, 3.05) is 14.2 Å². The lowest BCUT2D eigenvalue weighted by Gasteiger charge is -2.15. The van der Waals surface area contributed by atoms with Gasteiger partial charge in [0.15, 0.2) is 0 Å². The molecule has 1 N–H and O–H groups in total. The molecule has 2 heterocycles. The van der Waals surface area contributed by atoms with E-state index in [2.05, 4.69) is 19.9 Å². The minimum atomic E-state index is -0.967. The molecule has 2 aromatic heterocycles. The Kier molecular flexibility index (Phi) is 9.81. The van der Waals surface area contributed by atoms with E-state index in [-0.39, 0.29) is 32.2 Å². The molecule has 0 bridgehead atoms. The number of hydrogen-bond donors (Lipinski definition) is 1. The Morgan fingerprint density at radius 3 is 1.92 bits per heavy atom. The highest BCUT2D eigenvalue weighted by molar-refractivity contribution is 6.35. The predicted octanol–water partition coefficient (Wildman–Crippen LogP) is 5.90. The predicted molar refractivity (Wildman–Crippen MR) is 138 cm³/mol. The van der Waals surface area contributed by atoms with Gasteiger partial charge < -0.3 is 14.6 Å². The van der Waals surface area contributed by atoms with Gasteiger partial charge in [0.2, 0.25) is 16.4 Å². The van der Waals surface area contributed by atoms with Crippen molar-refractivity contribution in [2.45, 2.75) is 6.10 Å². The van der Waals surface area contributed by atoms with E-state index in [1.54, 1.807) is 42.5 Å². The number of carbonyl (C=O) groups is 1. The zero-order chi connectivity index (χ0) is 26.2. The van der Waals surface area contributed by atoms with E-state index in [0.717, 1.165) is 0 Å². The molecule has 0 aliphatic rings. The van der Waals surface area contributed by atoms with E-state index < -0.39 is 6.10 Å². The van der Waals surface area contributed by atoms with E-state index in [4.69, 9.17) is 55.9 Å². The van der Waals surface area contributed by atoms with Crippen molar-refractivity contribution in [1.29, 1.82) is 0 Å². The summed E-state index contributed by atoms with van der Waals surface area (Å²) < 4.78 is 10.3. The first-order valence-corrected chi connectivity index (χ1v) is 11.6. The van der Waals surface area contributed by atoms with Crippen molar-refractivity contribution in [3.63, 3.8) is 0 Å². The third-order valence-electron chi connectivity index (χ3n) is 4.78. The van der Waals surface area contributed by atoms with Crippen molar-refractivity contribution in [2.24, 2.45) is 0 Å². The Morgan fingerprint density at radius 2 is 1.31 bits per heavy atom. The highest BCUT2D eigenvalue weighted by atomic mass is 35.5. The van der Waals surface area contributed by atoms with Gasteiger partial charge in [0.05, 0.1) is 25.3 Å². The van der Waals surface area contributed by atoms with Crippen LogP contribution in [0.25, 0.3) is 0 Å². The molecule has 1 unspecified atom stereocenters. The number of hydrogen-bond acceptors (Lipinski definition) is 8. The van der Waals surface area contributed by atoms with Gasteiger partial charge in [-0.15, -0.1) is 0 Å². The molecule has 4 aromatic rings. The summed E-state index contributed by atoms with van der Waals surface area (Å²) in [6, 6.07) is 14.0. The molecule has 1 atom stereocenters. The van der Waals surface area contributed by atoms with Gasteiger partial charge in [-0.25, -0.2) is 19.9 Å². The third-order valence-corrected chi connectivity index (χ3v) is 5.73. The van der Waals surface area contributed by atoms with Crippen molar-refractivity contribution in [3.8, 4) is 11.5 Å². The third kappa shape index (κ3) is 6.60. The number of halogens is 4. The molecule has 36 heavy (non-hydrogen) atoms. The molecular weight excluding hydrogens is 550 g/mol. The number of aromatic nitrogens is 4. The van der Waals surface area contributed by atoms with Crippen molar-refractivity contribution >= 4 is 52.2 Å². The van der Waals surface area contributed by atoms with Crippen LogP contribution in [0.15, 0.2) is 60.9 Å². The molecule has 186 valence electrons. The van der Waals surface area contributed by atoms with Crippen LogP contribution in [-0.4, -0.2) is 45.0 Å². The van der Waals surface area contributed by atoms with Crippen molar-refractivity contribution in [3.05, 3.63) is 104 Å². The highest BCUT2D eigenvalue weighted by Crippen LogP contribution is 2.32. The monoisotopic (exact) mass is 566 g/mol. The summed E-state index contributed by atoms with van der Waals surface area (Å²) in [5.41, 5.74) is 1.55. The maximum Gasteiger partial charge on any atom is 0.223 e. The summed E-state index contributed by atoms with van der Waals surface area (Å²) in [6.07, 6.45) is 1.73. The largest absolute Gasteiger partial charge is 0.496 e. The number of para-hydroxylation sites is 2. The first-order valence-electron chi connectivity index (χ1n) is 10.1. The number of ether oxygens (including phenoxy) is 2. The fraction of sp³-hybridized carbons (Fsp3) is 0.125. The number of rotatable bonds is 6. The molecule has 0 amide bonds. The van der Waals surface area contributed by atoms with Gasteiger partial charge in [-0.1, -0.05) is 53.5 Å². The average Bonchev–Trinajstić information content (AvgIpc) is 2.88. The van der Waals surface area contributed by atoms with Crippen LogP contribution in [0.4, 0.5) is 0 Å². The molecule has 0 aliphatic heterocycles. The topological polar surface area (TPSA) is 107 Å². The number of aliphatic hydroxyl groups excluding tert-OH is 1. The summed E-state index contributed by atoms with van der Waals surface area (Å²) in [5, 5.41) is 10.5. The first kappa shape index (κ1) is 27.6. The fourth-order valence-electron chi connectivity index (χ4n) is 3.06. The summed E-state index contributed by atoms with van der Waals surface area (Å²) in [6.45, 7) is 0. The number of aliphatic hydroxyl groups is 1. The van der Waals surface area contributed by atoms with Crippen LogP contribution in [0.2, 0.25) is 20.9 Å². The molecule has 0 saturated carbocycles. The van der Waals surface area contributed by atoms with Crippen molar-refractivity contribution in [1.82, 2.24) is 19.9 Å². The average molecular weight is 568 g/mol. The van der Waals surface area contributed by atoms with Crippen LogP contribution in [-0.2, 0) is 0 Å². The van der Waals surface area contributed by atoms with Crippen LogP contribution < -0.4 is 9.47 Å². The molecule has 2 aromatic carbocycles. The molecule has 0 fully saturated rings. The van der Waals surface area contributed by atoms with Crippen LogP contribution in [0.5, 0.6) is 11.5 Å². The van der Waals surface area contributed by atoms with Gasteiger partial charge in [0.25, 0.3) is 0 Å². The van der Waals surface area contributed by atoms with Crippen molar-refractivity contribution < 1.29 is 19.4 Å². The lowest BCUT2D eigenvalue weighted by Crippen LogP contribution is -2.06. The second-order valence-corrected chi connectivity index (χ2v) is 8.29. The number of ketones is 1. The summed E-state index contributed by atoms with van der Waals surface area (Å²) in [4.78, 5) is 27.4. The second-order valence-electron chi connectivity index (χ2n) is 6.90. The molecule has 0 spiro atoms. The second kappa shape index (κ2) is 12.8. The Balaban J connectivity index is 0.000000201. The van der Waals surface area contributed by atoms with E-state index in [1.165, 1.54) is 26.6 Å². The normalized spacial score (nSPS) is 11.2. The highest BCUT2D eigenvalue weighted by Gasteiger charge is 2.20. The van der Waals surface area contributed by atoms with Gasteiger partial charge in [0, 0.05) is 23.5 Å². The molecule has 12 heteroatoms. The Labute approximate surface area is 226 Å². The van der Waals surface area contributed by atoms with E-state index in [9.17, 15) is 9.90 Å². The summed E-state index contributed by atoms with van der Waals surface area (Å²) >= 11 is 23.0. The van der Waals surface area contributed by atoms with Crippen LogP contribution in [0.1, 0.15) is 33.2 Å². The summed E-state index contributed by atoms with van der Waals surface area (Å²) in [7, 11) is 3.03. The lowest BCUT2D eigenvalue weighted by atomic mass is 10.0. The van der Waals surface area contributed by atoms with Crippen LogP contribution in [0, 0.1) is 0 Å². The van der Waals surface area contributed by atoms with Gasteiger partial charge in [-0.2, -0.15) is 0 Å². The molecule has 4 rings (SSSR count).